The van der Waals surface area contributed by atoms with Gasteiger partial charge in [-0.3, -0.25) is 9.88 Å². The number of hydrogen-bond acceptors (Lipinski definition) is 6. The van der Waals surface area contributed by atoms with E-state index in [0.717, 1.165) is 43.9 Å². The third-order valence-corrected chi connectivity index (χ3v) is 6.52. The van der Waals surface area contributed by atoms with E-state index in [2.05, 4.69) is 21.1 Å². The Kier molecular flexibility index (Phi) is 7.79. The molecule has 0 radical (unpaired) electrons. The quantitative estimate of drug-likeness (QED) is 0.489. The second-order valence-electron chi connectivity index (χ2n) is 7.90. The number of benzene rings is 1. The van der Waals surface area contributed by atoms with Crippen molar-refractivity contribution in [3.05, 3.63) is 72.6 Å². The van der Waals surface area contributed by atoms with E-state index in [1.54, 1.807) is 4.90 Å². The van der Waals surface area contributed by atoms with E-state index in [-0.39, 0.29) is 6.09 Å². The molecule has 0 aliphatic carbocycles. The molecule has 168 valence electrons. The second-order valence-corrected chi connectivity index (χ2v) is 9.07. The molecule has 0 spiro atoms. The van der Waals surface area contributed by atoms with E-state index in [1.165, 1.54) is 10.5 Å². The zero-order valence-corrected chi connectivity index (χ0v) is 19.2. The van der Waals surface area contributed by atoms with Crippen molar-refractivity contribution in [2.24, 2.45) is 7.05 Å². The molecule has 7 nitrogen and oxygen atoms in total. The number of aryl methyl sites for hydroxylation is 2. The Morgan fingerprint density at radius 1 is 1.03 bits per heavy atom. The zero-order chi connectivity index (χ0) is 22.2. The molecule has 4 rings (SSSR count). The third kappa shape index (κ3) is 6.58. The summed E-state index contributed by atoms with van der Waals surface area (Å²) in [6.45, 7) is 4.05. The van der Waals surface area contributed by atoms with Crippen LogP contribution < -0.4 is 4.74 Å². The molecule has 1 aliphatic rings. The van der Waals surface area contributed by atoms with Crippen molar-refractivity contribution in [1.82, 2.24) is 24.3 Å². The number of ether oxygens (including phenoxy) is 1. The van der Waals surface area contributed by atoms with Crippen molar-refractivity contribution in [2.75, 3.05) is 38.5 Å². The van der Waals surface area contributed by atoms with Crippen molar-refractivity contribution in [1.29, 1.82) is 0 Å². The van der Waals surface area contributed by atoms with Gasteiger partial charge in [0.05, 0.1) is 12.0 Å². The smallest absolute Gasteiger partial charge is 0.410 e. The van der Waals surface area contributed by atoms with Crippen molar-refractivity contribution >= 4 is 17.9 Å². The minimum atomic E-state index is -0.268. The highest BCUT2D eigenvalue weighted by Gasteiger charge is 2.22. The van der Waals surface area contributed by atoms with Crippen LogP contribution in [0.3, 0.4) is 0 Å². The first-order chi connectivity index (χ1) is 15.7. The molecule has 3 aromatic rings. The van der Waals surface area contributed by atoms with E-state index in [0.29, 0.717) is 18.8 Å². The molecule has 8 heteroatoms. The maximum atomic E-state index is 12.5. The summed E-state index contributed by atoms with van der Waals surface area (Å²) in [6.07, 6.45) is 9.13. The van der Waals surface area contributed by atoms with Crippen LogP contribution in [0.5, 0.6) is 5.75 Å². The Balaban J connectivity index is 1.16. The summed E-state index contributed by atoms with van der Waals surface area (Å²) in [7, 11) is 1.98. The van der Waals surface area contributed by atoms with Crippen molar-refractivity contribution in [3.8, 4) is 5.75 Å². The molecule has 0 saturated carbocycles. The highest BCUT2D eigenvalue weighted by molar-refractivity contribution is 7.99. The average Bonchev–Trinajstić information content (AvgIpc) is 3.25. The number of carbonyl (C=O) groups excluding carboxylic acids is 1. The predicted molar refractivity (Wildman–Crippen MR) is 126 cm³/mol. The summed E-state index contributed by atoms with van der Waals surface area (Å²) >= 11 is 1.81. The van der Waals surface area contributed by atoms with Crippen molar-refractivity contribution in [3.63, 3.8) is 0 Å². The minimum absolute atomic E-state index is 0.268. The van der Waals surface area contributed by atoms with Crippen LogP contribution in [0.25, 0.3) is 0 Å². The number of aromatic nitrogens is 3. The topological polar surface area (TPSA) is 63.5 Å². The summed E-state index contributed by atoms with van der Waals surface area (Å²) in [6, 6.07) is 11.9. The van der Waals surface area contributed by atoms with Gasteiger partial charge < -0.3 is 14.2 Å². The van der Waals surface area contributed by atoms with Crippen LogP contribution in [0.2, 0.25) is 0 Å². The van der Waals surface area contributed by atoms with Gasteiger partial charge in [0.1, 0.15) is 5.75 Å². The first-order valence-corrected chi connectivity index (χ1v) is 11.9. The van der Waals surface area contributed by atoms with E-state index in [1.807, 2.05) is 78.5 Å². The lowest BCUT2D eigenvalue weighted by atomic mass is 10.2. The van der Waals surface area contributed by atoms with Gasteiger partial charge in [0.2, 0.25) is 0 Å². The van der Waals surface area contributed by atoms with Crippen LogP contribution >= 0.6 is 11.8 Å². The van der Waals surface area contributed by atoms with Gasteiger partial charge in [-0.05, 0) is 36.2 Å². The average molecular weight is 452 g/mol. The van der Waals surface area contributed by atoms with Crippen LogP contribution in [0.15, 0.2) is 66.2 Å². The molecule has 1 saturated heterocycles. The molecule has 1 amide bonds. The van der Waals surface area contributed by atoms with E-state index >= 15 is 0 Å². The second kappa shape index (κ2) is 11.2. The minimum Gasteiger partial charge on any atom is -0.410 e. The number of amides is 1. The predicted octanol–water partition coefficient (Wildman–Crippen LogP) is 3.51. The Morgan fingerprint density at radius 2 is 1.78 bits per heavy atom. The van der Waals surface area contributed by atoms with Crippen LogP contribution in [0, 0.1) is 0 Å². The summed E-state index contributed by atoms with van der Waals surface area (Å²) in [4.78, 5) is 26.3. The lowest BCUT2D eigenvalue weighted by Gasteiger charge is -2.33. The monoisotopic (exact) mass is 451 g/mol. The van der Waals surface area contributed by atoms with Gasteiger partial charge in [-0.15, -0.1) is 11.8 Å². The molecule has 0 N–H and O–H groups in total. The van der Waals surface area contributed by atoms with Crippen molar-refractivity contribution < 1.29 is 9.53 Å². The molecular formula is C24H29N5O2S. The lowest BCUT2D eigenvalue weighted by molar-refractivity contribution is 0.111. The molecule has 0 unspecified atom stereocenters. The van der Waals surface area contributed by atoms with Gasteiger partial charge in [0, 0.05) is 75.4 Å². The first-order valence-electron chi connectivity index (χ1n) is 10.9. The highest BCUT2D eigenvalue weighted by Crippen LogP contribution is 2.20. The molecule has 0 atom stereocenters. The number of rotatable bonds is 8. The largest absolute Gasteiger partial charge is 0.415 e. The van der Waals surface area contributed by atoms with E-state index in [4.69, 9.17) is 4.74 Å². The van der Waals surface area contributed by atoms with Crippen LogP contribution in [0.1, 0.15) is 11.3 Å². The van der Waals surface area contributed by atoms with Crippen LogP contribution in [-0.2, 0) is 19.9 Å². The molecule has 0 bridgehead atoms. The number of carbonyl (C=O) groups is 1. The van der Waals surface area contributed by atoms with E-state index in [9.17, 15) is 4.79 Å². The SMILES string of the molecule is Cn1cnc(CCN2CCN(C(=O)Oc3ccc(CCSc4ccncc4)cc3)CC2)c1. The van der Waals surface area contributed by atoms with Crippen LogP contribution in [-0.4, -0.2) is 68.9 Å². The molecule has 1 aromatic carbocycles. The summed E-state index contributed by atoms with van der Waals surface area (Å²) < 4.78 is 7.56. The maximum Gasteiger partial charge on any atom is 0.415 e. The van der Waals surface area contributed by atoms with Gasteiger partial charge >= 0.3 is 6.09 Å². The van der Waals surface area contributed by atoms with E-state index < -0.39 is 0 Å². The fraction of sp³-hybridized carbons (Fsp3) is 0.375. The van der Waals surface area contributed by atoms with Gasteiger partial charge in [0.15, 0.2) is 0 Å². The summed E-state index contributed by atoms with van der Waals surface area (Å²) in [5.41, 5.74) is 2.33. The molecule has 1 aliphatic heterocycles. The molecule has 32 heavy (non-hydrogen) atoms. The Bertz CT molecular complexity index is 985. The zero-order valence-electron chi connectivity index (χ0n) is 18.4. The number of thioether (sulfide) groups is 1. The number of piperazine rings is 1. The van der Waals surface area contributed by atoms with Gasteiger partial charge in [-0.2, -0.15) is 0 Å². The number of imidazole rings is 1. The fourth-order valence-electron chi connectivity index (χ4n) is 3.63. The normalized spacial score (nSPS) is 14.5. The standard InChI is InChI=1S/C24H29N5O2S/c1-27-18-21(26-19-27)8-12-28-13-15-29(16-14-28)24(30)31-22-4-2-20(3-5-22)9-17-32-23-6-10-25-11-7-23/h2-7,10-11,18-19H,8-9,12-17H2,1H3. The fourth-order valence-corrected chi connectivity index (χ4v) is 4.52. The summed E-state index contributed by atoms with van der Waals surface area (Å²) in [5, 5.41) is 0. The number of hydrogen-bond donors (Lipinski definition) is 0. The van der Waals surface area contributed by atoms with Gasteiger partial charge in [-0.1, -0.05) is 12.1 Å². The summed E-state index contributed by atoms with van der Waals surface area (Å²) in [5.74, 6) is 1.59. The van der Waals surface area contributed by atoms with Crippen LogP contribution in [0.4, 0.5) is 4.79 Å². The highest BCUT2D eigenvalue weighted by atomic mass is 32.2. The Hall–Kier alpha value is -2.84. The third-order valence-electron chi connectivity index (χ3n) is 5.51. The Morgan fingerprint density at radius 3 is 2.47 bits per heavy atom. The lowest BCUT2D eigenvalue weighted by Crippen LogP contribution is -2.49. The molecule has 1 fully saturated rings. The number of pyridine rings is 1. The van der Waals surface area contributed by atoms with Gasteiger partial charge in [-0.25, -0.2) is 9.78 Å². The Labute approximate surface area is 193 Å². The molecule has 3 heterocycles. The van der Waals surface area contributed by atoms with Crippen molar-refractivity contribution in [2.45, 2.75) is 17.7 Å². The molecular weight excluding hydrogens is 422 g/mol. The molecule has 2 aromatic heterocycles. The maximum absolute atomic E-state index is 12.5. The number of nitrogens with zero attached hydrogens (tertiary/aromatic N) is 5. The first kappa shape index (κ1) is 22.4. The van der Waals surface area contributed by atoms with Gasteiger partial charge in [0.25, 0.3) is 0 Å².